The van der Waals surface area contributed by atoms with E-state index in [0.717, 1.165) is 48.0 Å². The van der Waals surface area contributed by atoms with Crippen LogP contribution in [0, 0.1) is 12.8 Å². The molecule has 0 radical (unpaired) electrons. The van der Waals surface area contributed by atoms with Crippen molar-refractivity contribution in [2.24, 2.45) is 13.0 Å². The fourth-order valence-electron chi connectivity index (χ4n) is 2.43. The molecule has 0 bridgehead atoms. The van der Waals surface area contributed by atoms with Crippen LogP contribution in [0.3, 0.4) is 0 Å². The second-order valence-electron chi connectivity index (χ2n) is 5.78. The Labute approximate surface area is 120 Å². The van der Waals surface area contributed by atoms with E-state index in [0.29, 0.717) is 5.92 Å². The fourth-order valence-corrected chi connectivity index (χ4v) is 2.43. The van der Waals surface area contributed by atoms with Crippen LogP contribution >= 0.6 is 0 Å². The first kappa shape index (κ1) is 14.6. The van der Waals surface area contributed by atoms with Crippen LogP contribution in [-0.2, 0) is 20.0 Å². The number of imidazole rings is 1. The van der Waals surface area contributed by atoms with Crippen LogP contribution in [0.2, 0.25) is 0 Å². The third-order valence-electron chi connectivity index (χ3n) is 3.60. The predicted octanol–water partition coefficient (Wildman–Crippen LogP) is 2.78. The van der Waals surface area contributed by atoms with Gasteiger partial charge in [0.1, 0.15) is 17.3 Å². The largest absolute Gasteiger partial charge is 0.383 e. The summed E-state index contributed by atoms with van der Waals surface area (Å²) in [4.78, 5) is 4.78. The number of nitrogen functional groups attached to an aromatic ring is 1. The first-order valence-corrected chi connectivity index (χ1v) is 7.29. The van der Waals surface area contributed by atoms with Crippen molar-refractivity contribution in [1.29, 1.82) is 0 Å². The van der Waals surface area contributed by atoms with Gasteiger partial charge < -0.3 is 10.3 Å². The third-order valence-corrected chi connectivity index (χ3v) is 3.60. The van der Waals surface area contributed by atoms with E-state index in [4.69, 9.17) is 10.7 Å². The average molecular weight is 275 g/mol. The molecule has 0 spiro atoms. The average Bonchev–Trinajstić information content (AvgIpc) is 2.85. The van der Waals surface area contributed by atoms with Crippen LogP contribution in [0.15, 0.2) is 6.20 Å². The second kappa shape index (κ2) is 5.69. The van der Waals surface area contributed by atoms with Gasteiger partial charge in [-0.05, 0) is 19.3 Å². The van der Waals surface area contributed by atoms with Crippen molar-refractivity contribution < 1.29 is 0 Å². The third kappa shape index (κ3) is 2.57. The number of hydrogen-bond donors (Lipinski definition) is 1. The van der Waals surface area contributed by atoms with Gasteiger partial charge in [0.25, 0.3) is 0 Å². The summed E-state index contributed by atoms with van der Waals surface area (Å²) in [5, 5.41) is 4.29. The Morgan fingerprint density at radius 1 is 1.35 bits per heavy atom. The van der Waals surface area contributed by atoms with Gasteiger partial charge in [0.15, 0.2) is 0 Å². The summed E-state index contributed by atoms with van der Waals surface area (Å²) in [6.45, 7) is 9.52. The zero-order valence-corrected chi connectivity index (χ0v) is 13.1. The maximum absolute atomic E-state index is 6.36. The van der Waals surface area contributed by atoms with E-state index in [2.05, 4.69) is 30.4 Å². The molecule has 2 aromatic rings. The van der Waals surface area contributed by atoms with E-state index in [-0.39, 0.29) is 0 Å². The molecule has 0 aliphatic carbocycles. The quantitative estimate of drug-likeness (QED) is 0.912. The molecule has 0 saturated carbocycles. The van der Waals surface area contributed by atoms with E-state index < -0.39 is 0 Å². The maximum atomic E-state index is 6.36. The molecule has 20 heavy (non-hydrogen) atoms. The van der Waals surface area contributed by atoms with E-state index in [1.807, 2.05) is 24.9 Å². The molecule has 0 amide bonds. The molecule has 0 atom stereocenters. The molecule has 5 nitrogen and oxygen atoms in total. The van der Waals surface area contributed by atoms with Crippen LogP contribution in [0.1, 0.15) is 38.7 Å². The van der Waals surface area contributed by atoms with E-state index >= 15 is 0 Å². The lowest BCUT2D eigenvalue weighted by Crippen LogP contribution is -2.11. The Hall–Kier alpha value is -1.78. The van der Waals surface area contributed by atoms with Gasteiger partial charge in [0.2, 0.25) is 0 Å². The van der Waals surface area contributed by atoms with Gasteiger partial charge >= 0.3 is 0 Å². The number of anilines is 1. The Balaban J connectivity index is 2.52. The normalized spacial score (nSPS) is 11.5. The number of aryl methyl sites for hydroxylation is 2. The minimum Gasteiger partial charge on any atom is -0.383 e. The summed E-state index contributed by atoms with van der Waals surface area (Å²) in [6.07, 6.45) is 3.87. The molecule has 0 unspecified atom stereocenters. The lowest BCUT2D eigenvalue weighted by molar-refractivity contribution is 0.510. The summed E-state index contributed by atoms with van der Waals surface area (Å²) in [7, 11) is 1.94. The Morgan fingerprint density at radius 2 is 2.05 bits per heavy atom. The van der Waals surface area contributed by atoms with Crippen LogP contribution in [0.25, 0.3) is 11.3 Å². The van der Waals surface area contributed by atoms with Gasteiger partial charge in [0, 0.05) is 31.3 Å². The van der Waals surface area contributed by atoms with Crippen LogP contribution in [0.5, 0.6) is 0 Å². The zero-order chi connectivity index (χ0) is 14.9. The van der Waals surface area contributed by atoms with Crippen molar-refractivity contribution in [3.05, 3.63) is 17.7 Å². The zero-order valence-electron chi connectivity index (χ0n) is 13.1. The molecule has 2 heterocycles. The molecule has 110 valence electrons. The topological polar surface area (TPSA) is 61.7 Å². The predicted molar refractivity (Wildman–Crippen MR) is 82.4 cm³/mol. The lowest BCUT2D eigenvalue weighted by atomic mass is 10.2. The summed E-state index contributed by atoms with van der Waals surface area (Å²) in [5.41, 5.74) is 9.35. The lowest BCUT2D eigenvalue weighted by Gasteiger charge is -2.11. The number of nitrogens with zero attached hydrogens (tertiary/aromatic N) is 4. The molecule has 0 aliphatic rings. The van der Waals surface area contributed by atoms with Crippen molar-refractivity contribution in [2.45, 2.75) is 47.1 Å². The SMILES string of the molecule is CCCc1nc(-c2cnn(C)c2C)c(N)n1CC(C)C. The van der Waals surface area contributed by atoms with Gasteiger partial charge in [0.05, 0.1) is 6.20 Å². The number of hydrogen-bond acceptors (Lipinski definition) is 3. The highest BCUT2D eigenvalue weighted by Crippen LogP contribution is 2.29. The monoisotopic (exact) mass is 275 g/mol. The van der Waals surface area contributed by atoms with Gasteiger partial charge in [-0.3, -0.25) is 4.68 Å². The first-order valence-electron chi connectivity index (χ1n) is 7.29. The van der Waals surface area contributed by atoms with Crippen molar-refractivity contribution in [1.82, 2.24) is 19.3 Å². The molecular formula is C15H25N5. The Kier molecular flexibility index (Phi) is 4.16. The van der Waals surface area contributed by atoms with Gasteiger partial charge in [-0.1, -0.05) is 20.8 Å². The summed E-state index contributed by atoms with van der Waals surface area (Å²) < 4.78 is 4.02. The summed E-state index contributed by atoms with van der Waals surface area (Å²) >= 11 is 0. The van der Waals surface area contributed by atoms with Crippen LogP contribution < -0.4 is 5.73 Å². The first-order chi connectivity index (χ1) is 9.45. The van der Waals surface area contributed by atoms with Gasteiger partial charge in [-0.25, -0.2) is 4.98 Å². The molecule has 0 saturated heterocycles. The van der Waals surface area contributed by atoms with Crippen LogP contribution in [0.4, 0.5) is 5.82 Å². The smallest absolute Gasteiger partial charge is 0.131 e. The summed E-state index contributed by atoms with van der Waals surface area (Å²) in [5.74, 6) is 2.39. The number of nitrogens with two attached hydrogens (primary N) is 1. The Morgan fingerprint density at radius 3 is 2.55 bits per heavy atom. The minimum atomic E-state index is 0.546. The maximum Gasteiger partial charge on any atom is 0.131 e. The number of rotatable bonds is 5. The fraction of sp³-hybridized carbons (Fsp3) is 0.600. The molecular weight excluding hydrogens is 250 g/mol. The highest BCUT2D eigenvalue weighted by Gasteiger charge is 2.19. The molecule has 0 fully saturated rings. The van der Waals surface area contributed by atoms with Crippen molar-refractivity contribution in [3.63, 3.8) is 0 Å². The minimum absolute atomic E-state index is 0.546. The standard InChI is InChI=1S/C15H25N5/c1-6-7-13-18-14(12-8-17-19(5)11(12)4)15(16)20(13)9-10(2)3/h8,10H,6-7,9,16H2,1-5H3. The molecule has 2 rings (SSSR count). The highest BCUT2D eigenvalue weighted by atomic mass is 15.3. The summed E-state index contributed by atoms with van der Waals surface area (Å²) in [6, 6.07) is 0. The van der Waals surface area contributed by atoms with Crippen molar-refractivity contribution in [3.8, 4) is 11.3 Å². The molecule has 0 aromatic carbocycles. The Bertz CT molecular complexity index is 592. The van der Waals surface area contributed by atoms with Crippen molar-refractivity contribution in [2.75, 3.05) is 5.73 Å². The highest BCUT2D eigenvalue weighted by molar-refractivity contribution is 5.72. The van der Waals surface area contributed by atoms with E-state index in [9.17, 15) is 0 Å². The van der Waals surface area contributed by atoms with E-state index in [1.165, 1.54) is 0 Å². The van der Waals surface area contributed by atoms with Crippen LogP contribution in [-0.4, -0.2) is 19.3 Å². The van der Waals surface area contributed by atoms with Gasteiger partial charge in [-0.2, -0.15) is 5.10 Å². The van der Waals surface area contributed by atoms with Crippen molar-refractivity contribution >= 4 is 5.82 Å². The molecule has 5 heteroatoms. The number of aromatic nitrogens is 4. The molecule has 2 aromatic heterocycles. The molecule has 0 aliphatic heterocycles. The van der Waals surface area contributed by atoms with E-state index in [1.54, 1.807) is 0 Å². The second-order valence-corrected chi connectivity index (χ2v) is 5.78. The van der Waals surface area contributed by atoms with Gasteiger partial charge in [-0.15, -0.1) is 0 Å². The molecule has 2 N–H and O–H groups in total.